The Kier molecular flexibility index (Phi) is 8.26. The molecule has 4 nitrogen and oxygen atoms in total. The summed E-state index contributed by atoms with van der Waals surface area (Å²) in [6.07, 6.45) is 11.0. The van der Waals surface area contributed by atoms with Crippen LogP contribution in [0.1, 0.15) is 44.9 Å². The van der Waals surface area contributed by atoms with Crippen molar-refractivity contribution in [2.45, 2.75) is 51.0 Å². The third-order valence-corrected chi connectivity index (χ3v) is 3.81. The number of thioether (sulfide) groups is 1. The highest BCUT2D eigenvalue weighted by Gasteiger charge is 2.15. The van der Waals surface area contributed by atoms with E-state index in [4.69, 9.17) is 5.84 Å². The Labute approximate surface area is 109 Å². The van der Waals surface area contributed by atoms with Gasteiger partial charge in [-0.3, -0.25) is 10.4 Å². The standard InChI is InChI=1S/C12H26N4S/c1-17-10-6-2-5-9-14-12(16-13)15-11-7-3-4-8-11/h11H,2-10,13H2,1H3,(H2,14,15,16). The van der Waals surface area contributed by atoms with Crippen molar-refractivity contribution in [3.05, 3.63) is 0 Å². The number of nitrogens with two attached hydrogens (primary N) is 1. The minimum atomic E-state index is 0.571. The molecule has 1 aliphatic carbocycles. The molecular weight excluding hydrogens is 232 g/mol. The first kappa shape index (κ1) is 14.6. The molecule has 0 aromatic heterocycles. The van der Waals surface area contributed by atoms with E-state index in [2.05, 4.69) is 22.0 Å². The van der Waals surface area contributed by atoms with Gasteiger partial charge in [0.2, 0.25) is 5.96 Å². The zero-order valence-electron chi connectivity index (χ0n) is 10.9. The van der Waals surface area contributed by atoms with Gasteiger partial charge >= 0.3 is 0 Å². The third kappa shape index (κ3) is 6.78. The molecule has 17 heavy (non-hydrogen) atoms. The number of hydrogen-bond acceptors (Lipinski definition) is 3. The molecule has 1 aliphatic rings. The van der Waals surface area contributed by atoms with Crippen molar-refractivity contribution in [2.24, 2.45) is 10.8 Å². The first-order chi connectivity index (χ1) is 8.36. The molecule has 5 heteroatoms. The predicted molar refractivity (Wildman–Crippen MR) is 77.2 cm³/mol. The van der Waals surface area contributed by atoms with Crippen molar-refractivity contribution >= 4 is 17.7 Å². The van der Waals surface area contributed by atoms with E-state index in [0.717, 1.165) is 18.9 Å². The molecule has 4 N–H and O–H groups in total. The molecule has 0 bridgehead atoms. The summed E-state index contributed by atoms with van der Waals surface area (Å²) in [5, 5.41) is 3.38. The van der Waals surface area contributed by atoms with Crippen molar-refractivity contribution in [1.29, 1.82) is 0 Å². The lowest BCUT2D eigenvalue weighted by atomic mass is 10.2. The highest BCUT2D eigenvalue weighted by Crippen LogP contribution is 2.17. The fourth-order valence-electron chi connectivity index (χ4n) is 2.12. The van der Waals surface area contributed by atoms with Crippen LogP contribution in [-0.4, -0.2) is 30.6 Å². The summed E-state index contributed by atoms with van der Waals surface area (Å²) in [6.45, 7) is 0.869. The lowest BCUT2D eigenvalue weighted by Crippen LogP contribution is -2.45. The van der Waals surface area contributed by atoms with Crippen LogP contribution in [0.4, 0.5) is 0 Å². The Morgan fingerprint density at radius 2 is 2.06 bits per heavy atom. The molecule has 0 saturated heterocycles. The Bertz CT molecular complexity index is 215. The monoisotopic (exact) mass is 258 g/mol. The maximum absolute atomic E-state index is 5.47. The lowest BCUT2D eigenvalue weighted by molar-refractivity contribution is 0.612. The summed E-state index contributed by atoms with van der Waals surface area (Å²) >= 11 is 1.91. The van der Waals surface area contributed by atoms with Gasteiger partial charge in [0.1, 0.15) is 0 Å². The molecule has 0 aliphatic heterocycles. The predicted octanol–water partition coefficient (Wildman–Crippen LogP) is 1.87. The molecule has 0 radical (unpaired) electrons. The van der Waals surface area contributed by atoms with Gasteiger partial charge in [0, 0.05) is 12.6 Å². The van der Waals surface area contributed by atoms with Crippen molar-refractivity contribution < 1.29 is 0 Å². The highest BCUT2D eigenvalue weighted by molar-refractivity contribution is 7.98. The molecule has 0 atom stereocenters. The fourth-order valence-corrected chi connectivity index (χ4v) is 2.62. The minimum Gasteiger partial charge on any atom is -0.353 e. The topological polar surface area (TPSA) is 62.4 Å². The summed E-state index contributed by atoms with van der Waals surface area (Å²) in [5.41, 5.74) is 2.67. The molecule has 0 unspecified atom stereocenters. The number of nitrogens with zero attached hydrogens (tertiary/aromatic N) is 1. The molecular formula is C12H26N4S. The van der Waals surface area contributed by atoms with Crippen LogP contribution in [0, 0.1) is 0 Å². The normalized spacial score (nSPS) is 17.4. The van der Waals surface area contributed by atoms with Crippen LogP contribution < -0.4 is 16.6 Å². The molecule has 0 heterocycles. The van der Waals surface area contributed by atoms with Crippen LogP contribution in [-0.2, 0) is 0 Å². The van der Waals surface area contributed by atoms with E-state index in [1.54, 1.807) is 0 Å². The van der Waals surface area contributed by atoms with Gasteiger partial charge in [-0.25, -0.2) is 5.84 Å². The molecule has 1 saturated carbocycles. The Morgan fingerprint density at radius 3 is 2.71 bits per heavy atom. The van der Waals surface area contributed by atoms with Crippen LogP contribution in [0.3, 0.4) is 0 Å². The molecule has 1 rings (SSSR count). The summed E-state index contributed by atoms with van der Waals surface area (Å²) in [5.74, 6) is 7.49. The second-order valence-corrected chi connectivity index (χ2v) is 5.54. The summed E-state index contributed by atoms with van der Waals surface area (Å²) < 4.78 is 0. The van der Waals surface area contributed by atoms with Crippen LogP contribution in [0.15, 0.2) is 4.99 Å². The van der Waals surface area contributed by atoms with Gasteiger partial charge in [-0.15, -0.1) is 0 Å². The number of nitrogens with one attached hydrogen (secondary N) is 2. The summed E-state index contributed by atoms with van der Waals surface area (Å²) in [4.78, 5) is 4.47. The van der Waals surface area contributed by atoms with Gasteiger partial charge in [0.15, 0.2) is 0 Å². The molecule has 0 amide bonds. The second-order valence-electron chi connectivity index (χ2n) is 4.55. The Hall–Kier alpha value is -0.420. The SMILES string of the molecule is CSCCCCCN=C(NN)NC1CCCC1. The van der Waals surface area contributed by atoms with E-state index < -0.39 is 0 Å². The van der Waals surface area contributed by atoms with Crippen molar-refractivity contribution in [3.8, 4) is 0 Å². The van der Waals surface area contributed by atoms with Gasteiger partial charge in [0.25, 0.3) is 0 Å². The van der Waals surface area contributed by atoms with Gasteiger partial charge < -0.3 is 5.32 Å². The summed E-state index contributed by atoms with van der Waals surface area (Å²) in [6, 6.07) is 0.571. The third-order valence-electron chi connectivity index (χ3n) is 3.11. The van der Waals surface area contributed by atoms with E-state index in [9.17, 15) is 0 Å². The average molecular weight is 258 g/mol. The molecule has 100 valence electrons. The van der Waals surface area contributed by atoms with E-state index in [1.807, 2.05) is 11.8 Å². The largest absolute Gasteiger partial charge is 0.353 e. The Morgan fingerprint density at radius 1 is 1.29 bits per heavy atom. The highest BCUT2D eigenvalue weighted by atomic mass is 32.2. The van der Waals surface area contributed by atoms with Crippen molar-refractivity contribution in [2.75, 3.05) is 18.6 Å². The number of unbranched alkanes of at least 4 members (excludes halogenated alkanes) is 2. The lowest BCUT2D eigenvalue weighted by Gasteiger charge is -2.14. The van der Waals surface area contributed by atoms with Crippen molar-refractivity contribution in [1.82, 2.24) is 10.7 Å². The van der Waals surface area contributed by atoms with Crippen LogP contribution in [0.25, 0.3) is 0 Å². The van der Waals surface area contributed by atoms with Gasteiger partial charge in [-0.05, 0) is 37.7 Å². The minimum absolute atomic E-state index is 0.571. The molecule has 0 spiro atoms. The zero-order chi connectivity index (χ0) is 12.3. The average Bonchev–Trinajstić information content (AvgIpc) is 2.85. The Balaban J connectivity index is 2.10. The van der Waals surface area contributed by atoms with Gasteiger partial charge in [-0.2, -0.15) is 11.8 Å². The molecule has 1 fully saturated rings. The van der Waals surface area contributed by atoms with Gasteiger partial charge in [0.05, 0.1) is 0 Å². The van der Waals surface area contributed by atoms with Crippen molar-refractivity contribution in [3.63, 3.8) is 0 Å². The van der Waals surface area contributed by atoms with Crippen LogP contribution in [0.5, 0.6) is 0 Å². The quantitative estimate of drug-likeness (QED) is 0.214. The maximum Gasteiger partial charge on any atom is 0.205 e. The molecule has 0 aromatic rings. The van der Waals surface area contributed by atoms with E-state index in [-0.39, 0.29) is 0 Å². The second kappa shape index (κ2) is 9.59. The summed E-state index contributed by atoms with van der Waals surface area (Å²) in [7, 11) is 0. The van der Waals surface area contributed by atoms with E-state index >= 15 is 0 Å². The number of aliphatic imine (C=N–C) groups is 1. The smallest absolute Gasteiger partial charge is 0.205 e. The number of rotatable bonds is 7. The first-order valence-electron chi connectivity index (χ1n) is 6.63. The number of hydrazine groups is 1. The van der Waals surface area contributed by atoms with Crippen LogP contribution in [0.2, 0.25) is 0 Å². The zero-order valence-corrected chi connectivity index (χ0v) is 11.7. The van der Waals surface area contributed by atoms with Crippen LogP contribution >= 0.6 is 11.8 Å². The number of hydrogen-bond donors (Lipinski definition) is 3. The first-order valence-corrected chi connectivity index (χ1v) is 8.02. The fraction of sp³-hybridized carbons (Fsp3) is 0.917. The molecule has 0 aromatic carbocycles. The van der Waals surface area contributed by atoms with E-state index in [0.29, 0.717) is 6.04 Å². The number of guanidine groups is 1. The maximum atomic E-state index is 5.47. The van der Waals surface area contributed by atoms with E-state index in [1.165, 1.54) is 44.3 Å². The van der Waals surface area contributed by atoms with Gasteiger partial charge in [-0.1, -0.05) is 19.3 Å².